The SMILES string of the molecule is CCCCCCCCCCCCCCCC(=O)NCC(=O)Oc1ccc(S(CCC)(CCC)OS(=O)(=O)OC)cc1. The predicted molar refractivity (Wildman–Crippen MR) is 169 cm³/mol. The molecule has 41 heavy (non-hydrogen) atoms. The molecule has 0 radical (unpaired) electrons. The smallest absolute Gasteiger partial charge is 0.409 e. The van der Waals surface area contributed by atoms with E-state index in [1.165, 1.54) is 64.2 Å². The molecule has 1 amide bonds. The van der Waals surface area contributed by atoms with E-state index < -0.39 is 26.7 Å². The molecule has 0 aliphatic rings. The number of carbonyl (C=O) groups excluding carboxylic acids is 2. The van der Waals surface area contributed by atoms with Crippen LogP contribution in [0, 0.1) is 0 Å². The highest BCUT2D eigenvalue weighted by atomic mass is 32.3. The third kappa shape index (κ3) is 16.6. The summed E-state index contributed by atoms with van der Waals surface area (Å²) in [6, 6.07) is 6.72. The van der Waals surface area contributed by atoms with Crippen molar-refractivity contribution in [1.29, 1.82) is 0 Å². The van der Waals surface area contributed by atoms with Crippen LogP contribution in [-0.4, -0.2) is 45.5 Å². The van der Waals surface area contributed by atoms with Gasteiger partial charge in [0.05, 0.1) is 7.11 Å². The number of esters is 1. The molecule has 1 aromatic rings. The summed E-state index contributed by atoms with van der Waals surface area (Å²) in [7, 11) is -5.19. The maximum atomic E-state index is 12.3. The summed E-state index contributed by atoms with van der Waals surface area (Å²) >= 11 is 0. The number of ether oxygens (including phenoxy) is 1. The second kappa shape index (κ2) is 22.0. The van der Waals surface area contributed by atoms with Crippen molar-refractivity contribution in [3.8, 4) is 5.75 Å². The second-order valence-electron chi connectivity index (χ2n) is 10.6. The summed E-state index contributed by atoms with van der Waals surface area (Å²) < 4.78 is 39.8. The molecule has 238 valence electrons. The zero-order chi connectivity index (χ0) is 30.4. The molecule has 0 aliphatic heterocycles. The standard InChI is InChI=1S/C31H55NO7S2/c1-5-8-9-10-11-12-13-14-15-16-17-18-19-20-30(33)32-27-31(34)38-28-21-23-29(24-22-28)40(25-6-2,26-7-3)39-41(35,36)37-4/h21-24H,5-20,25-27H2,1-4H3,(H,32,33). The summed E-state index contributed by atoms with van der Waals surface area (Å²) in [5.74, 6) is 0.738. The van der Waals surface area contributed by atoms with Crippen LogP contribution in [-0.2, 0) is 27.8 Å². The monoisotopic (exact) mass is 617 g/mol. The van der Waals surface area contributed by atoms with Gasteiger partial charge in [0.25, 0.3) is 0 Å². The van der Waals surface area contributed by atoms with Gasteiger partial charge in [-0.15, -0.1) is 0 Å². The van der Waals surface area contributed by atoms with Crippen molar-refractivity contribution in [2.75, 3.05) is 25.2 Å². The highest BCUT2D eigenvalue weighted by Gasteiger charge is 2.32. The number of unbranched alkanes of at least 4 members (excludes halogenated alkanes) is 12. The Morgan fingerprint density at radius 2 is 1.20 bits per heavy atom. The Bertz CT molecular complexity index is 946. The van der Waals surface area contributed by atoms with Crippen LogP contribution in [0.4, 0.5) is 0 Å². The van der Waals surface area contributed by atoms with E-state index in [1.807, 2.05) is 13.8 Å². The molecule has 10 heteroatoms. The molecular formula is C31H55NO7S2. The molecule has 0 atom stereocenters. The van der Waals surface area contributed by atoms with Crippen molar-refractivity contribution >= 4 is 32.6 Å². The Hall–Kier alpha value is -1.62. The van der Waals surface area contributed by atoms with Crippen molar-refractivity contribution in [2.24, 2.45) is 0 Å². The van der Waals surface area contributed by atoms with Crippen LogP contribution in [0.1, 0.15) is 124 Å². The van der Waals surface area contributed by atoms with Crippen molar-refractivity contribution in [3.63, 3.8) is 0 Å². The number of hydrogen-bond donors (Lipinski definition) is 1. The Morgan fingerprint density at radius 1 is 0.707 bits per heavy atom. The Balaban J connectivity index is 2.33. The van der Waals surface area contributed by atoms with E-state index in [2.05, 4.69) is 16.4 Å². The van der Waals surface area contributed by atoms with Gasteiger partial charge in [-0.3, -0.25) is 8.98 Å². The largest absolute Gasteiger partial charge is 0.425 e. The van der Waals surface area contributed by atoms with E-state index >= 15 is 0 Å². The van der Waals surface area contributed by atoms with Crippen LogP contribution in [0.25, 0.3) is 0 Å². The fourth-order valence-electron chi connectivity index (χ4n) is 4.78. The number of carbonyl (C=O) groups is 2. The lowest BCUT2D eigenvalue weighted by Gasteiger charge is -2.37. The van der Waals surface area contributed by atoms with Gasteiger partial charge in [-0.2, -0.15) is 12.0 Å². The molecule has 0 bridgehead atoms. The van der Waals surface area contributed by atoms with Crippen LogP contribution in [0.3, 0.4) is 0 Å². The minimum atomic E-state index is -4.12. The molecule has 0 saturated carbocycles. The first kappa shape index (κ1) is 37.4. The van der Waals surface area contributed by atoms with Crippen LogP contribution in [0.2, 0.25) is 0 Å². The number of benzene rings is 1. The van der Waals surface area contributed by atoms with Gasteiger partial charge in [0, 0.05) is 22.8 Å². The zero-order valence-corrected chi connectivity index (χ0v) is 27.6. The first-order valence-corrected chi connectivity index (χ1v) is 18.8. The molecule has 8 nitrogen and oxygen atoms in total. The molecule has 0 aromatic heterocycles. The third-order valence-electron chi connectivity index (χ3n) is 6.91. The molecule has 1 rings (SSSR count). The lowest BCUT2D eigenvalue weighted by molar-refractivity contribution is -0.135. The molecule has 0 fully saturated rings. The lowest BCUT2D eigenvalue weighted by Crippen LogP contribution is -2.31. The fourth-order valence-corrected chi connectivity index (χ4v) is 9.76. The van der Waals surface area contributed by atoms with Gasteiger partial charge < -0.3 is 10.1 Å². The first-order valence-electron chi connectivity index (χ1n) is 15.6. The van der Waals surface area contributed by atoms with Crippen molar-refractivity contribution in [3.05, 3.63) is 24.3 Å². The van der Waals surface area contributed by atoms with E-state index in [4.69, 9.17) is 8.37 Å². The Morgan fingerprint density at radius 3 is 1.66 bits per heavy atom. The maximum absolute atomic E-state index is 12.3. The van der Waals surface area contributed by atoms with E-state index in [9.17, 15) is 18.0 Å². The fraction of sp³-hybridized carbons (Fsp3) is 0.742. The second-order valence-corrected chi connectivity index (χ2v) is 15.2. The summed E-state index contributed by atoms with van der Waals surface area (Å²) in [5.41, 5.74) is 0. The summed E-state index contributed by atoms with van der Waals surface area (Å²) in [6.45, 7) is 6.00. The molecule has 0 heterocycles. The van der Waals surface area contributed by atoms with Crippen LogP contribution in [0.5, 0.6) is 5.75 Å². The van der Waals surface area contributed by atoms with E-state index in [1.54, 1.807) is 24.3 Å². The number of amides is 1. The van der Waals surface area contributed by atoms with E-state index in [-0.39, 0.29) is 12.5 Å². The van der Waals surface area contributed by atoms with Gasteiger partial charge in [-0.1, -0.05) is 108 Å². The quantitative estimate of drug-likeness (QED) is 0.0673. The Kier molecular flexibility index (Phi) is 20.1. The summed E-state index contributed by atoms with van der Waals surface area (Å²) in [4.78, 5) is 25.1. The highest BCUT2D eigenvalue weighted by molar-refractivity contribution is 8.32. The third-order valence-corrected chi connectivity index (χ3v) is 12.3. The van der Waals surface area contributed by atoms with Gasteiger partial charge in [0.15, 0.2) is 0 Å². The molecule has 0 spiro atoms. The average molecular weight is 618 g/mol. The predicted octanol–water partition coefficient (Wildman–Crippen LogP) is 8.00. The van der Waals surface area contributed by atoms with Crippen molar-refractivity contribution in [1.82, 2.24) is 5.32 Å². The Labute approximate surface area is 251 Å². The maximum Gasteiger partial charge on any atom is 0.409 e. The first-order chi connectivity index (χ1) is 19.7. The van der Waals surface area contributed by atoms with Crippen molar-refractivity contribution in [2.45, 2.75) is 128 Å². The summed E-state index contributed by atoms with van der Waals surface area (Å²) in [5, 5.41) is 2.64. The molecule has 0 saturated heterocycles. The van der Waals surface area contributed by atoms with Crippen LogP contribution < -0.4 is 10.1 Å². The minimum Gasteiger partial charge on any atom is -0.425 e. The highest BCUT2D eigenvalue weighted by Crippen LogP contribution is 2.59. The number of nitrogens with one attached hydrogen (secondary N) is 1. The molecule has 1 aromatic carbocycles. The zero-order valence-electron chi connectivity index (χ0n) is 25.9. The van der Waals surface area contributed by atoms with Gasteiger partial charge in [-0.05, 0) is 43.5 Å². The van der Waals surface area contributed by atoms with Crippen LogP contribution in [0.15, 0.2) is 29.2 Å². The minimum absolute atomic E-state index is 0.149. The van der Waals surface area contributed by atoms with E-state index in [0.29, 0.717) is 23.7 Å². The topological polar surface area (TPSA) is 108 Å². The number of hydrogen-bond acceptors (Lipinski definition) is 7. The van der Waals surface area contributed by atoms with Crippen molar-refractivity contribution < 1.29 is 30.6 Å². The summed E-state index contributed by atoms with van der Waals surface area (Å²) in [6.07, 6.45) is 18.1. The lowest BCUT2D eigenvalue weighted by atomic mass is 10.0. The molecule has 0 unspecified atom stereocenters. The van der Waals surface area contributed by atoms with Crippen LogP contribution >= 0.6 is 10.3 Å². The molecule has 1 N–H and O–H groups in total. The average Bonchev–Trinajstić information content (AvgIpc) is 2.95. The van der Waals surface area contributed by atoms with E-state index in [0.717, 1.165) is 44.1 Å². The van der Waals surface area contributed by atoms with Gasteiger partial charge in [-0.25, -0.2) is 4.79 Å². The number of rotatable bonds is 25. The molecular weight excluding hydrogens is 562 g/mol. The molecule has 0 aliphatic carbocycles. The van der Waals surface area contributed by atoms with Gasteiger partial charge in [0.1, 0.15) is 12.3 Å². The normalized spacial score (nSPS) is 12.3. The van der Waals surface area contributed by atoms with Gasteiger partial charge in [0.2, 0.25) is 5.91 Å². The van der Waals surface area contributed by atoms with Gasteiger partial charge >= 0.3 is 16.4 Å².